The molecule has 0 aliphatic heterocycles. The molecule has 0 unspecified atom stereocenters. The lowest BCUT2D eigenvalue weighted by Gasteiger charge is -1.81. The van der Waals surface area contributed by atoms with E-state index < -0.39 is 11.9 Å². The number of hydrogen-bond donors (Lipinski definition) is 3. The number of carbonyl (C=O) groups is 2. The lowest BCUT2D eigenvalue weighted by atomic mass is 10.3. The summed E-state index contributed by atoms with van der Waals surface area (Å²) in [6, 6.07) is 8.01. The molecule has 0 atom stereocenters. The molecule has 1 heterocycles. The number of nitrogens with one attached hydrogen (secondary N) is 1. The maximum Gasteiger partial charge on any atom is 0.328 e. The molecular weight excluding hydrogens is 224 g/mol. The second kappa shape index (κ2) is 6.06. The highest BCUT2D eigenvalue weighted by Crippen LogP contribution is 2.06. The number of nitrogens with zero attached hydrogens (tertiary/aromatic N) is 1. The van der Waals surface area contributed by atoms with Crippen molar-refractivity contribution in [2.75, 3.05) is 0 Å². The zero-order valence-corrected chi connectivity index (χ0v) is 8.70. The summed E-state index contributed by atoms with van der Waals surface area (Å²) in [4.78, 5) is 19.1. The molecular formula is C11H10N2O4. The number of para-hydroxylation sites is 1. The van der Waals surface area contributed by atoms with Crippen LogP contribution in [0, 0.1) is 0 Å². The van der Waals surface area contributed by atoms with Gasteiger partial charge in [-0.25, -0.2) is 9.59 Å². The third kappa shape index (κ3) is 4.61. The number of aliphatic carboxylic acids is 2. The van der Waals surface area contributed by atoms with Crippen LogP contribution in [-0.2, 0) is 9.59 Å². The Bertz CT molecular complexity index is 499. The maximum atomic E-state index is 9.55. The molecule has 6 heteroatoms. The highest BCUT2D eigenvalue weighted by molar-refractivity contribution is 5.89. The second-order valence-electron chi connectivity index (χ2n) is 2.97. The fourth-order valence-corrected chi connectivity index (χ4v) is 1.03. The van der Waals surface area contributed by atoms with Crippen LogP contribution in [0.25, 0.3) is 10.9 Å². The van der Waals surface area contributed by atoms with Crippen molar-refractivity contribution in [2.45, 2.75) is 0 Å². The fourth-order valence-electron chi connectivity index (χ4n) is 1.03. The highest BCUT2D eigenvalue weighted by atomic mass is 16.4. The molecule has 88 valence electrons. The summed E-state index contributed by atoms with van der Waals surface area (Å²) in [6.07, 6.45) is 2.93. The molecule has 1 aromatic carbocycles. The Morgan fingerprint density at radius 3 is 2.24 bits per heavy atom. The minimum atomic E-state index is -1.26. The van der Waals surface area contributed by atoms with Gasteiger partial charge in [0.15, 0.2) is 0 Å². The number of rotatable bonds is 2. The average Bonchev–Trinajstić information content (AvgIpc) is 2.75. The number of hydrogen-bond acceptors (Lipinski definition) is 3. The van der Waals surface area contributed by atoms with Gasteiger partial charge in [0.1, 0.15) is 0 Å². The van der Waals surface area contributed by atoms with Crippen LogP contribution in [-0.4, -0.2) is 32.3 Å². The van der Waals surface area contributed by atoms with E-state index >= 15 is 0 Å². The smallest absolute Gasteiger partial charge is 0.328 e. The maximum absolute atomic E-state index is 9.55. The monoisotopic (exact) mass is 234 g/mol. The van der Waals surface area contributed by atoms with Gasteiger partial charge in [0.2, 0.25) is 0 Å². The summed E-state index contributed by atoms with van der Waals surface area (Å²) in [5.41, 5.74) is 1.09. The Morgan fingerprint density at radius 2 is 1.71 bits per heavy atom. The van der Waals surface area contributed by atoms with Crippen LogP contribution in [0.5, 0.6) is 0 Å². The standard InChI is InChI=1S/C7H6N2.C4H4O4/c1-2-4-7-6(3-1)5-8-9-7;5-3(6)1-2-4(7)8/h1-5H,(H,8,9);1-2H,(H,5,6)(H,7,8). The molecule has 0 aliphatic rings. The van der Waals surface area contributed by atoms with E-state index in [0.29, 0.717) is 12.2 Å². The van der Waals surface area contributed by atoms with Crippen molar-refractivity contribution in [1.29, 1.82) is 0 Å². The van der Waals surface area contributed by atoms with Gasteiger partial charge in [0.25, 0.3) is 0 Å². The molecule has 2 aromatic rings. The molecule has 17 heavy (non-hydrogen) atoms. The van der Waals surface area contributed by atoms with Crippen molar-refractivity contribution in [3.05, 3.63) is 42.6 Å². The lowest BCUT2D eigenvalue weighted by molar-refractivity contribution is -0.134. The Balaban J connectivity index is 0.000000172. The number of benzene rings is 1. The van der Waals surface area contributed by atoms with E-state index in [1.54, 1.807) is 0 Å². The minimum absolute atomic E-state index is 0.558. The number of fused-ring (bicyclic) bond motifs is 1. The summed E-state index contributed by atoms with van der Waals surface area (Å²) in [6.45, 7) is 0. The molecule has 6 nitrogen and oxygen atoms in total. The van der Waals surface area contributed by atoms with Crippen molar-refractivity contribution in [3.63, 3.8) is 0 Å². The number of carboxylic acid groups (broad SMARTS) is 2. The fraction of sp³-hybridized carbons (Fsp3) is 0. The van der Waals surface area contributed by atoms with E-state index in [-0.39, 0.29) is 0 Å². The average molecular weight is 234 g/mol. The molecule has 0 radical (unpaired) electrons. The zero-order chi connectivity index (χ0) is 12.7. The SMILES string of the molecule is O=C(O)C=CC(=O)O.c1ccc2[nH]ncc2c1. The van der Waals surface area contributed by atoms with E-state index in [2.05, 4.69) is 10.2 Å². The quantitative estimate of drug-likeness (QED) is 0.679. The van der Waals surface area contributed by atoms with Crippen molar-refractivity contribution in [2.24, 2.45) is 0 Å². The van der Waals surface area contributed by atoms with Gasteiger partial charge < -0.3 is 10.2 Å². The van der Waals surface area contributed by atoms with Crippen molar-refractivity contribution < 1.29 is 19.8 Å². The molecule has 2 rings (SSSR count). The van der Waals surface area contributed by atoms with Crippen LogP contribution >= 0.6 is 0 Å². The lowest BCUT2D eigenvalue weighted by Crippen LogP contribution is -1.91. The van der Waals surface area contributed by atoms with Crippen LogP contribution in [0.1, 0.15) is 0 Å². The van der Waals surface area contributed by atoms with Gasteiger partial charge in [-0.1, -0.05) is 18.2 Å². The van der Waals surface area contributed by atoms with Crippen LogP contribution in [0.3, 0.4) is 0 Å². The minimum Gasteiger partial charge on any atom is -0.478 e. The molecule has 0 fully saturated rings. The Kier molecular flexibility index (Phi) is 4.44. The molecule has 0 saturated heterocycles. The highest BCUT2D eigenvalue weighted by Gasteiger charge is 1.88. The summed E-state index contributed by atoms with van der Waals surface area (Å²) in [7, 11) is 0. The van der Waals surface area contributed by atoms with Crippen molar-refractivity contribution in [3.8, 4) is 0 Å². The third-order valence-electron chi connectivity index (χ3n) is 1.72. The van der Waals surface area contributed by atoms with Gasteiger partial charge in [-0.3, -0.25) is 5.10 Å². The predicted molar refractivity (Wildman–Crippen MR) is 60.5 cm³/mol. The summed E-state index contributed by atoms with van der Waals surface area (Å²) in [5.74, 6) is -2.51. The van der Waals surface area contributed by atoms with Crippen LogP contribution in [0.4, 0.5) is 0 Å². The van der Waals surface area contributed by atoms with E-state index in [9.17, 15) is 9.59 Å². The molecule has 0 aliphatic carbocycles. The predicted octanol–water partition coefficient (Wildman–Crippen LogP) is 1.27. The van der Waals surface area contributed by atoms with E-state index in [1.165, 1.54) is 0 Å². The first-order valence-electron chi connectivity index (χ1n) is 4.61. The zero-order valence-electron chi connectivity index (χ0n) is 8.70. The normalized spacial score (nSPS) is 9.88. The van der Waals surface area contributed by atoms with Gasteiger partial charge in [0, 0.05) is 17.5 Å². The number of H-pyrrole nitrogens is 1. The van der Waals surface area contributed by atoms with Crippen molar-refractivity contribution in [1.82, 2.24) is 10.2 Å². The van der Waals surface area contributed by atoms with Gasteiger partial charge in [-0.15, -0.1) is 0 Å². The third-order valence-corrected chi connectivity index (χ3v) is 1.72. The Labute approximate surface area is 96.2 Å². The first-order valence-corrected chi connectivity index (χ1v) is 4.61. The van der Waals surface area contributed by atoms with E-state index in [4.69, 9.17) is 10.2 Å². The molecule has 0 amide bonds. The van der Waals surface area contributed by atoms with Gasteiger partial charge in [-0.2, -0.15) is 5.10 Å². The second-order valence-corrected chi connectivity index (χ2v) is 2.97. The summed E-state index contributed by atoms with van der Waals surface area (Å²) in [5, 5.41) is 23.5. The van der Waals surface area contributed by atoms with E-state index in [1.807, 2.05) is 30.5 Å². The van der Waals surface area contributed by atoms with Crippen LogP contribution in [0.2, 0.25) is 0 Å². The van der Waals surface area contributed by atoms with Crippen molar-refractivity contribution >= 4 is 22.8 Å². The summed E-state index contributed by atoms with van der Waals surface area (Å²) >= 11 is 0. The molecule has 0 saturated carbocycles. The largest absolute Gasteiger partial charge is 0.478 e. The van der Waals surface area contributed by atoms with Gasteiger partial charge >= 0.3 is 11.9 Å². The van der Waals surface area contributed by atoms with Gasteiger partial charge in [0.05, 0.1) is 11.7 Å². The molecule has 0 bridgehead atoms. The Hall–Kier alpha value is -2.63. The molecule has 1 aromatic heterocycles. The number of carboxylic acids is 2. The first kappa shape index (κ1) is 12.4. The Morgan fingerprint density at radius 1 is 1.12 bits per heavy atom. The summed E-state index contributed by atoms with van der Waals surface area (Å²) < 4.78 is 0. The molecule has 0 spiro atoms. The molecule has 3 N–H and O–H groups in total. The van der Waals surface area contributed by atoms with Crippen LogP contribution < -0.4 is 0 Å². The number of aromatic nitrogens is 2. The van der Waals surface area contributed by atoms with Crippen LogP contribution in [0.15, 0.2) is 42.6 Å². The number of aromatic amines is 1. The topological polar surface area (TPSA) is 103 Å². The first-order chi connectivity index (χ1) is 8.09. The van der Waals surface area contributed by atoms with Gasteiger partial charge in [-0.05, 0) is 6.07 Å². The van der Waals surface area contributed by atoms with E-state index in [0.717, 1.165) is 10.9 Å².